The highest BCUT2D eigenvalue weighted by Crippen LogP contribution is 2.17. The lowest BCUT2D eigenvalue weighted by Crippen LogP contribution is -2.34. The molecule has 0 unspecified atom stereocenters. The fourth-order valence-electron chi connectivity index (χ4n) is 1.44. The second-order valence-electron chi connectivity index (χ2n) is 3.08. The van der Waals surface area contributed by atoms with Crippen LogP contribution in [-0.2, 0) is 15.7 Å². The van der Waals surface area contributed by atoms with Crippen LogP contribution in [0.1, 0.15) is 19.8 Å². The smallest absolute Gasteiger partial charge is 0.203 e. The molecule has 12 heavy (non-hydrogen) atoms. The largest absolute Gasteiger partial charge is 0.300 e. The van der Waals surface area contributed by atoms with Crippen LogP contribution in [0.5, 0.6) is 0 Å². The van der Waals surface area contributed by atoms with Crippen molar-refractivity contribution in [1.29, 1.82) is 0 Å². The molecule has 0 N–H and O–H groups in total. The summed E-state index contributed by atoms with van der Waals surface area (Å²) in [7, 11) is -2.43. The molecule has 1 rings (SSSR count). The molecule has 1 fully saturated rings. The lowest BCUT2D eigenvalue weighted by atomic mass is 9.95. The zero-order valence-electron chi connectivity index (χ0n) is 7.02. The fraction of sp³-hybridized carbons (Fsp3) is 0.857. The number of carbonyl (C=O) groups excluding carboxylic acids is 1. The van der Waals surface area contributed by atoms with Crippen LogP contribution in [0.3, 0.4) is 0 Å². The highest BCUT2D eigenvalue weighted by atomic mass is 32.2. The van der Waals surface area contributed by atoms with E-state index in [1.54, 1.807) is 6.92 Å². The molecule has 0 spiro atoms. The predicted molar refractivity (Wildman–Crippen MR) is 45.3 cm³/mol. The SMILES string of the molecule is CC(=O)C1CCN([SH](=O)=O)CC1. The number of thiol groups is 1. The van der Waals surface area contributed by atoms with Gasteiger partial charge in [-0.1, -0.05) is 0 Å². The number of hydrogen-bond acceptors (Lipinski definition) is 3. The summed E-state index contributed by atoms with van der Waals surface area (Å²) < 4.78 is 22.4. The molecule has 70 valence electrons. The van der Waals surface area contributed by atoms with E-state index in [4.69, 9.17) is 0 Å². The summed E-state index contributed by atoms with van der Waals surface area (Å²) in [5, 5.41) is 0. The second kappa shape index (κ2) is 4.00. The van der Waals surface area contributed by atoms with Gasteiger partial charge in [0.25, 0.3) is 0 Å². The van der Waals surface area contributed by atoms with Gasteiger partial charge in [0.2, 0.25) is 10.9 Å². The molecular formula is C7H13NO3S. The lowest BCUT2D eigenvalue weighted by molar-refractivity contribution is -0.121. The number of carbonyl (C=O) groups is 1. The van der Waals surface area contributed by atoms with Gasteiger partial charge in [-0.25, -0.2) is 12.7 Å². The van der Waals surface area contributed by atoms with Crippen molar-refractivity contribution in [2.24, 2.45) is 5.92 Å². The van der Waals surface area contributed by atoms with Crippen LogP contribution in [0, 0.1) is 5.92 Å². The molecule has 1 aliphatic rings. The number of Topliss-reactive ketones (excluding diaryl/α,β-unsaturated/α-hetero) is 1. The normalized spacial score (nSPS) is 21.5. The van der Waals surface area contributed by atoms with Gasteiger partial charge in [0.1, 0.15) is 5.78 Å². The number of nitrogens with zero attached hydrogens (tertiary/aromatic N) is 1. The molecular weight excluding hydrogens is 178 g/mol. The van der Waals surface area contributed by atoms with E-state index in [2.05, 4.69) is 0 Å². The molecule has 0 aromatic carbocycles. The first-order valence-corrected chi connectivity index (χ1v) is 5.14. The average Bonchev–Trinajstić information content (AvgIpc) is 2.04. The van der Waals surface area contributed by atoms with Gasteiger partial charge in [-0.2, -0.15) is 0 Å². The van der Waals surface area contributed by atoms with Gasteiger partial charge in [-0.15, -0.1) is 0 Å². The third kappa shape index (κ3) is 2.28. The molecule has 1 heterocycles. The summed E-state index contributed by atoms with van der Waals surface area (Å²) in [4.78, 5) is 10.9. The first kappa shape index (κ1) is 9.67. The monoisotopic (exact) mass is 191 g/mol. The van der Waals surface area contributed by atoms with Crippen LogP contribution in [0.4, 0.5) is 0 Å². The summed E-state index contributed by atoms with van der Waals surface area (Å²) in [6.07, 6.45) is 1.36. The summed E-state index contributed by atoms with van der Waals surface area (Å²) in [6, 6.07) is 0. The number of rotatable bonds is 2. The van der Waals surface area contributed by atoms with E-state index in [-0.39, 0.29) is 11.7 Å². The molecule has 1 saturated heterocycles. The van der Waals surface area contributed by atoms with Gasteiger partial charge < -0.3 is 0 Å². The van der Waals surface area contributed by atoms with Crippen molar-refractivity contribution < 1.29 is 13.2 Å². The maximum Gasteiger partial charge on any atom is 0.203 e. The summed E-state index contributed by atoms with van der Waals surface area (Å²) in [5.74, 6) is 0.256. The van der Waals surface area contributed by atoms with E-state index >= 15 is 0 Å². The Hall–Kier alpha value is -0.420. The topological polar surface area (TPSA) is 54.5 Å². The Kier molecular flexibility index (Phi) is 3.22. The van der Waals surface area contributed by atoms with Gasteiger partial charge >= 0.3 is 0 Å². The summed E-state index contributed by atoms with van der Waals surface area (Å²) in [6.45, 7) is 2.57. The molecule has 0 aromatic rings. The van der Waals surface area contributed by atoms with Crippen molar-refractivity contribution in [3.8, 4) is 0 Å². The first-order chi connectivity index (χ1) is 5.61. The second-order valence-corrected chi connectivity index (χ2v) is 4.12. The maximum atomic E-state index is 10.9. The zero-order chi connectivity index (χ0) is 9.14. The minimum atomic E-state index is -2.43. The van der Waals surface area contributed by atoms with E-state index < -0.39 is 10.9 Å². The van der Waals surface area contributed by atoms with Crippen LogP contribution < -0.4 is 0 Å². The fourth-order valence-corrected chi connectivity index (χ4v) is 1.99. The first-order valence-electron chi connectivity index (χ1n) is 4.01. The van der Waals surface area contributed by atoms with Gasteiger partial charge in [0, 0.05) is 19.0 Å². The van der Waals surface area contributed by atoms with Crippen LogP contribution in [0.25, 0.3) is 0 Å². The highest BCUT2D eigenvalue weighted by Gasteiger charge is 2.22. The van der Waals surface area contributed by atoms with E-state index in [1.165, 1.54) is 4.31 Å². The van der Waals surface area contributed by atoms with Crippen LogP contribution in [-0.4, -0.2) is 31.6 Å². The third-order valence-electron chi connectivity index (χ3n) is 2.28. The Morgan fingerprint density at radius 1 is 1.33 bits per heavy atom. The zero-order valence-corrected chi connectivity index (χ0v) is 7.92. The Balaban J connectivity index is 2.44. The summed E-state index contributed by atoms with van der Waals surface area (Å²) in [5.41, 5.74) is 0. The van der Waals surface area contributed by atoms with Crippen molar-refractivity contribution in [1.82, 2.24) is 4.31 Å². The Morgan fingerprint density at radius 3 is 2.17 bits per heavy atom. The highest BCUT2D eigenvalue weighted by molar-refractivity contribution is 7.69. The van der Waals surface area contributed by atoms with Gasteiger partial charge in [0.05, 0.1) is 0 Å². The molecule has 0 saturated carbocycles. The minimum absolute atomic E-state index is 0.0798. The lowest BCUT2D eigenvalue weighted by Gasteiger charge is -2.25. The van der Waals surface area contributed by atoms with E-state index in [0.29, 0.717) is 25.9 Å². The van der Waals surface area contributed by atoms with E-state index in [0.717, 1.165) is 0 Å². The van der Waals surface area contributed by atoms with E-state index in [9.17, 15) is 13.2 Å². The minimum Gasteiger partial charge on any atom is -0.300 e. The number of piperidine rings is 1. The Morgan fingerprint density at radius 2 is 1.83 bits per heavy atom. The molecule has 1 aliphatic heterocycles. The van der Waals surface area contributed by atoms with Gasteiger partial charge in [-0.05, 0) is 19.8 Å². The Bertz CT molecular complexity index is 233. The molecule has 0 aromatic heterocycles. The van der Waals surface area contributed by atoms with Crippen molar-refractivity contribution >= 4 is 16.7 Å². The van der Waals surface area contributed by atoms with E-state index in [1.807, 2.05) is 0 Å². The maximum absolute atomic E-state index is 10.9. The van der Waals surface area contributed by atoms with Gasteiger partial charge in [0.15, 0.2) is 0 Å². The quantitative estimate of drug-likeness (QED) is 0.616. The standard InChI is InChI=1S/C7H13NO3S/c1-6(9)7-2-4-8(5-3-7)12(10)11/h7,12H,2-5H2,1H3. The van der Waals surface area contributed by atoms with Crippen LogP contribution in [0.15, 0.2) is 0 Å². The molecule has 0 aliphatic carbocycles. The van der Waals surface area contributed by atoms with Crippen molar-refractivity contribution in [3.05, 3.63) is 0 Å². The van der Waals surface area contributed by atoms with Gasteiger partial charge in [-0.3, -0.25) is 4.79 Å². The molecule has 0 amide bonds. The average molecular weight is 191 g/mol. The molecule has 0 atom stereocenters. The summed E-state index contributed by atoms with van der Waals surface area (Å²) >= 11 is 0. The molecule has 4 nitrogen and oxygen atoms in total. The van der Waals surface area contributed by atoms with Crippen LogP contribution >= 0.6 is 0 Å². The van der Waals surface area contributed by atoms with Crippen LogP contribution in [0.2, 0.25) is 0 Å². The third-order valence-corrected chi connectivity index (χ3v) is 3.14. The predicted octanol–water partition coefficient (Wildman–Crippen LogP) is -0.186. The molecule has 5 heteroatoms. The van der Waals surface area contributed by atoms with Crippen molar-refractivity contribution in [2.75, 3.05) is 13.1 Å². The molecule has 0 radical (unpaired) electrons. The van der Waals surface area contributed by atoms with Crippen molar-refractivity contribution in [2.45, 2.75) is 19.8 Å². The number of ketones is 1. The number of hydrogen-bond donors (Lipinski definition) is 1. The van der Waals surface area contributed by atoms with Crippen molar-refractivity contribution in [3.63, 3.8) is 0 Å². The molecule has 0 bridgehead atoms. The Labute approximate surface area is 73.6 Å².